The molecule has 2 aromatic carbocycles. The van der Waals surface area contributed by atoms with Crippen LogP contribution in [0.2, 0.25) is 0 Å². The Labute approximate surface area is 118 Å². The second-order valence-electron chi connectivity index (χ2n) is 4.46. The third-order valence-electron chi connectivity index (χ3n) is 2.96. The molecule has 1 heterocycles. The van der Waals surface area contributed by atoms with Crippen LogP contribution in [0.5, 0.6) is 0 Å². The first kappa shape index (κ1) is 13.1. The lowest BCUT2D eigenvalue weighted by Crippen LogP contribution is -2.12. The van der Waals surface area contributed by atoms with Gasteiger partial charge in [0.2, 0.25) is 0 Å². The first-order valence-electron chi connectivity index (χ1n) is 6.09. The largest absolute Gasteiger partial charge is 0.451 e. The van der Waals surface area contributed by atoms with Crippen molar-refractivity contribution in [3.63, 3.8) is 0 Å². The van der Waals surface area contributed by atoms with Gasteiger partial charge in [-0.2, -0.15) is 0 Å². The topological polar surface area (TPSA) is 68.3 Å². The fraction of sp³-hybridized carbons (Fsp3) is 0. The number of nitrogens with two attached hydrogens (primary N) is 1. The highest BCUT2D eigenvalue weighted by Gasteiger charge is 2.15. The molecule has 0 atom stereocenters. The highest BCUT2D eigenvalue weighted by Crippen LogP contribution is 2.23. The van der Waals surface area contributed by atoms with Crippen LogP contribution in [0, 0.1) is 11.6 Å². The zero-order valence-corrected chi connectivity index (χ0v) is 10.7. The summed E-state index contributed by atoms with van der Waals surface area (Å²) in [5.74, 6) is -2.84. The van der Waals surface area contributed by atoms with Gasteiger partial charge in [-0.1, -0.05) is 6.07 Å². The van der Waals surface area contributed by atoms with E-state index in [2.05, 4.69) is 5.32 Å². The van der Waals surface area contributed by atoms with Crippen molar-refractivity contribution >= 4 is 28.3 Å². The molecule has 21 heavy (non-hydrogen) atoms. The Morgan fingerprint density at radius 3 is 2.76 bits per heavy atom. The average molecular weight is 288 g/mol. The van der Waals surface area contributed by atoms with Crippen molar-refractivity contribution in [2.45, 2.75) is 0 Å². The molecule has 1 aromatic heterocycles. The van der Waals surface area contributed by atoms with Gasteiger partial charge in [-0.15, -0.1) is 0 Å². The van der Waals surface area contributed by atoms with Crippen molar-refractivity contribution in [2.24, 2.45) is 0 Å². The standard InChI is InChI=1S/C15H10F2N2O2/c16-10-2-1-3-11(14(10)17)19-15(20)13-7-8-6-9(18)4-5-12(8)21-13/h1-7H,18H2,(H,19,20). The van der Waals surface area contributed by atoms with E-state index in [9.17, 15) is 13.6 Å². The van der Waals surface area contributed by atoms with Crippen molar-refractivity contribution in [1.82, 2.24) is 0 Å². The summed E-state index contributed by atoms with van der Waals surface area (Å²) in [5, 5.41) is 2.92. The second kappa shape index (κ2) is 4.90. The van der Waals surface area contributed by atoms with Crippen LogP contribution in [0.25, 0.3) is 11.0 Å². The quantitative estimate of drug-likeness (QED) is 0.709. The summed E-state index contributed by atoms with van der Waals surface area (Å²) in [4.78, 5) is 12.0. The van der Waals surface area contributed by atoms with E-state index < -0.39 is 17.5 Å². The smallest absolute Gasteiger partial charge is 0.291 e. The van der Waals surface area contributed by atoms with Crippen LogP contribution in [0.4, 0.5) is 20.2 Å². The van der Waals surface area contributed by atoms with E-state index in [1.807, 2.05) is 0 Å². The molecular weight excluding hydrogens is 278 g/mol. The molecule has 3 rings (SSSR count). The summed E-state index contributed by atoms with van der Waals surface area (Å²) >= 11 is 0. The van der Waals surface area contributed by atoms with E-state index >= 15 is 0 Å². The lowest BCUT2D eigenvalue weighted by atomic mass is 10.2. The first-order chi connectivity index (χ1) is 10.0. The number of amides is 1. The maximum Gasteiger partial charge on any atom is 0.291 e. The normalized spacial score (nSPS) is 10.8. The lowest BCUT2D eigenvalue weighted by molar-refractivity contribution is 0.0998. The molecule has 0 radical (unpaired) electrons. The van der Waals surface area contributed by atoms with Gasteiger partial charge in [-0.05, 0) is 36.4 Å². The lowest BCUT2D eigenvalue weighted by Gasteiger charge is -2.04. The molecule has 0 aliphatic carbocycles. The fourth-order valence-corrected chi connectivity index (χ4v) is 1.96. The van der Waals surface area contributed by atoms with Gasteiger partial charge in [-0.25, -0.2) is 8.78 Å². The molecule has 0 spiro atoms. The van der Waals surface area contributed by atoms with Gasteiger partial charge in [0.05, 0.1) is 5.69 Å². The highest BCUT2D eigenvalue weighted by atomic mass is 19.2. The molecule has 0 bridgehead atoms. The Bertz CT molecular complexity index is 843. The molecule has 3 N–H and O–H groups in total. The Balaban J connectivity index is 1.91. The predicted octanol–water partition coefficient (Wildman–Crippen LogP) is 3.55. The van der Waals surface area contributed by atoms with Crippen molar-refractivity contribution in [2.75, 3.05) is 11.1 Å². The van der Waals surface area contributed by atoms with Gasteiger partial charge >= 0.3 is 0 Å². The molecule has 0 aliphatic rings. The minimum absolute atomic E-state index is 0.0146. The summed E-state index contributed by atoms with van der Waals surface area (Å²) in [5.41, 5.74) is 6.40. The summed E-state index contributed by atoms with van der Waals surface area (Å²) < 4.78 is 31.9. The summed E-state index contributed by atoms with van der Waals surface area (Å²) in [6, 6.07) is 9.93. The molecule has 3 aromatic rings. The molecule has 0 aliphatic heterocycles. The van der Waals surface area contributed by atoms with Gasteiger partial charge in [0, 0.05) is 11.1 Å². The number of nitrogen functional groups attached to an aromatic ring is 1. The van der Waals surface area contributed by atoms with Crippen LogP contribution in [0.15, 0.2) is 46.9 Å². The number of hydrogen-bond acceptors (Lipinski definition) is 3. The zero-order valence-electron chi connectivity index (χ0n) is 10.7. The monoisotopic (exact) mass is 288 g/mol. The summed E-state index contributed by atoms with van der Waals surface area (Å²) in [6.45, 7) is 0. The van der Waals surface area contributed by atoms with Gasteiger partial charge in [0.25, 0.3) is 5.91 Å². The van der Waals surface area contributed by atoms with E-state index in [0.29, 0.717) is 16.7 Å². The maximum atomic E-state index is 13.5. The number of rotatable bonds is 2. The molecular formula is C15H10F2N2O2. The summed E-state index contributed by atoms with van der Waals surface area (Å²) in [6.07, 6.45) is 0. The number of halogens is 2. The van der Waals surface area contributed by atoms with Crippen LogP contribution >= 0.6 is 0 Å². The van der Waals surface area contributed by atoms with E-state index in [1.54, 1.807) is 18.2 Å². The molecule has 0 saturated carbocycles. The van der Waals surface area contributed by atoms with Crippen molar-refractivity contribution in [3.8, 4) is 0 Å². The minimum atomic E-state index is -1.12. The second-order valence-corrected chi connectivity index (χ2v) is 4.46. The molecule has 4 nitrogen and oxygen atoms in total. The van der Waals surface area contributed by atoms with Gasteiger partial charge < -0.3 is 15.5 Å². The van der Waals surface area contributed by atoms with E-state index in [0.717, 1.165) is 6.07 Å². The molecule has 1 amide bonds. The van der Waals surface area contributed by atoms with E-state index in [1.165, 1.54) is 18.2 Å². The van der Waals surface area contributed by atoms with Crippen molar-refractivity contribution in [1.29, 1.82) is 0 Å². The average Bonchev–Trinajstić information content (AvgIpc) is 2.87. The van der Waals surface area contributed by atoms with Crippen LogP contribution in [-0.2, 0) is 0 Å². The Morgan fingerprint density at radius 2 is 1.95 bits per heavy atom. The van der Waals surface area contributed by atoms with Crippen LogP contribution in [0.3, 0.4) is 0 Å². The molecule has 0 unspecified atom stereocenters. The molecule has 106 valence electrons. The first-order valence-corrected chi connectivity index (χ1v) is 6.09. The predicted molar refractivity (Wildman–Crippen MR) is 74.9 cm³/mol. The SMILES string of the molecule is Nc1ccc2oc(C(=O)Nc3cccc(F)c3F)cc2c1. The van der Waals surface area contributed by atoms with Gasteiger partial charge in [0.15, 0.2) is 17.4 Å². The summed E-state index contributed by atoms with van der Waals surface area (Å²) in [7, 11) is 0. The van der Waals surface area contributed by atoms with Crippen LogP contribution in [-0.4, -0.2) is 5.91 Å². The Kier molecular flexibility index (Phi) is 3.06. The third kappa shape index (κ3) is 2.43. The number of carbonyl (C=O) groups is 1. The number of anilines is 2. The van der Waals surface area contributed by atoms with Gasteiger partial charge in [0.1, 0.15) is 5.58 Å². The molecule has 6 heteroatoms. The van der Waals surface area contributed by atoms with Gasteiger partial charge in [-0.3, -0.25) is 4.79 Å². The number of furan rings is 1. The maximum absolute atomic E-state index is 13.5. The van der Waals surface area contributed by atoms with E-state index in [4.69, 9.17) is 10.2 Å². The zero-order chi connectivity index (χ0) is 15.0. The number of carbonyl (C=O) groups excluding carboxylic acids is 1. The number of fused-ring (bicyclic) bond motifs is 1. The van der Waals surface area contributed by atoms with Crippen LogP contribution < -0.4 is 11.1 Å². The Hall–Kier alpha value is -2.89. The third-order valence-corrected chi connectivity index (χ3v) is 2.96. The van der Waals surface area contributed by atoms with E-state index in [-0.39, 0.29) is 11.4 Å². The highest BCUT2D eigenvalue weighted by molar-refractivity contribution is 6.04. The molecule has 0 fully saturated rings. The number of nitrogens with one attached hydrogen (secondary N) is 1. The molecule has 0 saturated heterocycles. The number of benzene rings is 2. The Morgan fingerprint density at radius 1 is 1.14 bits per heavy atom. The minimum Gasteiger partial charge on any atom is -0.451 e. The number of hydrogen-bond donors (Lipinski definition) is 2. The van der Waals surface area contributed by atoms with Crippen molar-refractivity contribution in [3.05, 3.63) is 59.9 Å². The van der Waals surface area contributed by atoms with Crippen molar-refractivity contribution < 1.29 is 18.0 Å². The van der Waals surface area contributed by atoms with Crippen LogP contribution in [0.1, 0.15) is 10.6 Å². The fourth-order valence-electron chi connectivity index (χ4n) is 1.96.